The predicted octanol–water partition coefficient (Wildman–Crippen LogP) is 1.41. The van der Waals surface area contributed by atoms with Crippen LogP contribution in [0.15, 0.2) is 12.4 Å². The van der Waals surface area contributed by atoms with Gasteiger partial charge in [-0.05, 0) is 12.8 Å². The standard InChI is InChI=1S/C15H24N4O2/c1-15(2,3)14(21)19-9-5-6-11(19)13(20)18(4)10-12-16-7-8-17-12/h7-8,11H,5-6,9-10H2,1-4H3,(H,16,17). The molecule has 2 amide bonds. The second-order valence-corrected chi connectivity index (χ2v) is 6.64. The number of carbonyl (C=O) groups excluding carboxylic acids is 2. The van der Waals surface area contributed by atoms with E-state index in [1.54, 1.807) is 29.2 Å². The third-order valence-corrected chi connectivity index (χ3v) is 3.76. The lowest BCUT2D eigenvalue weighted by Crippen LogP contribution is -2.49. The molecule has 1 aromatic rings. The van der Waals surface area contributed by atoms with Crippen molar-refractivity contribution >= 4 is 11.8 Å². The second-order valence-electron chi connectivity index (χ2n) is 6.64. The monoisotopic (exact) mass is 292 g/mol. The molecule has 21 heavy (non-hydrogen) atoms. The van der Waals surface area contributed by atoms with Gasteiger partial charge in [-0.2, -0.15) is 0 Å². The van der Waals surface area contributed by atoms with Crippen molar-refractivity contribution in [1.82, 2.24) is 19.8 Å². The zero-order valence-electron chi connectivity index (χ0n) is 13.2. The highest BCUT2D eigenvalue weighted by molar-refractivity contribution is 5.90. The fourth-order valence-electron chi connectivity index (χ4n) is 2.64. The van der Waals surface area contributed by atoms with Crippen molar-refractivity contribution in [3.8, 4) is 0 Å². The van der Waals surface area contributed by atoms with Crippen molar-refractivity contribution in [2.24, 2.45) is 5.41 Å². The SMILES string of the molecule is CN(Cc1ncc[nH]1)C(=O)C1CCCN1C(=O)C(C)(C)C. The molecular weight excluding hydrogens is 268 g/mol. The minimum atomic E-state index is -0.456. The van der Waals surface area contributed by atoms with Crippen LogP contribution in [0, 0.1) is 5.41 Å². The molecular formula is C15H24N4O2. The van der Waals surface area contributed by atoms with Crippen molar-refractivity contribution in [2.45, 2.75) is 46.2 Å². The summed E-state index contributed by atoms with van der Waals surface area (Å²) in [5.41, 5.74) is -0.456. The number of amides is 2. The van der Waals surface area contributed by atoms with Crippen molar-refractivity contribution in [2.75, 3.05) is 13.6 Å². The van der Waals surface area contributed by atoms with Gasteiger partial charge < -0.3 is 14.8 Å². The molecule has 1 aliphatic rings. The number of aromatic nitrogens is 2. The Bertz CT molecular complexity index is 504. The molecule has 116 valence electrons. The van der Waals surface area contributed by atoms with Crippen molar-refractivity contribution in [3.63, 3.8) is 0 Å². The van der Waals surface area contributed by atoms with Gasteiger partial charge in [0.15, 0.2) is 0 Å². The maximum atomic E-state index is 12.6. The Kier molecular flexibility index (Phi) is 4.34. The van der Waals surface area contributed by atoms with E-state index in [0.717, 1.165) is 18.7 Å². The molecule has 1 fully saturated rings. The largest absolute Gasteiger partial charge is 0.347 e. The summed E-state index contributed by atoms with van der Waals surface area (Å²) in [6.45, 7) is 6.77. The molecule has 1 aliphatic heterocycles. The highest BCUT2D eigenvalue weighted by Gasteiger charge is 2.39. The van der Waals surface area contributed by atoms with Crippen LogP contribution in [0.1, 0.15) is 39.4 Å². The van der Waals surface area contributed by atoms with Gasteiger partial charge in [0, 0.05) is 31.4 Å². The first-order valence-corrected chi connectivity index (χ1v) is 7.35. The fraction of sp³-hybridized carbons (Fsp3) is 0.667. The van der Waals surface area contributed by atoms with E-state index in [1.165, 1.54) is 0 Å². The molecule has 1 aromatic heterocycles. The number of aromatic amines is 1. The van der Waals surface area contributed by atoms with E-state index in [4.69, 9.17) is 0 Å². The van der Waals surface area contributed by atoms with E-state index in [-0.39, 0.29) is 17.9 Å². The molecule has 0 radical (unpaired) electrons. The minimum absolute atomic E-state index is 0.0125. The number of imidazole rings is 1. The van der Waals surface area contributed by atoms with Crippen molar-refractivity contribution in [1.29, 1.82) is 0 Å². The summed E-state index contributed by atoms with van der Waals surface area (Å²) in [6, 6.07) is -0.336. The van der Waals surface area contributed by atoms with Gasteiger partial charge in [-0.1, -0.05) is 20.8 Å². The average Bonchev–Trinajstić information content (AvgIpc) is 3.06. The lowest BCUT2D eigenvalue weighted by molar-refractivity contribution is -0.148. The molecule has 6 heteroatoms. The molecule has 1 saturated heterocycles. The molecule has 0 aromatic carbocycles. The lowest BCUT2D eigenvalue weighted by Gasteiger charge is -2.32. The van der Waals surface area contributed by atoms with Gasteiger partial charge in [-0.15, -0.1) is 0 Å². The summed E-state index contributed by atoms with van der Waals surface area (Å²) in [4.78, 5) is 35.6. The number of likely N-dealkylation sites (N-methyl/N-ethyl adjacent to an activating group) is 1. The Morgan fingerprint density at radius 1 is 1.48 bits per heavy atom. The smallest absolute Gasteiger partial charge is 0.245 e. The van der Waals surface area contributed by atoms with Crippen LogP contribution < -0.4 is 0 Å². The first-order valence-electron chi connectivity index (χ1n) is 7.35. The molecule has 1 N–H and O–H groups in total. The fourth-order valence-corrected chi connectivity index (χ4v) is 2.64. The maximum absolute atomic E-state index is 12.6. The number of rotatable bonds is 3. The van der Waals surface area contributed by atoms with E-state index < -0.39 is 5.41 Å². The van der Waals surface area contributed by atoms with E-state index in [1.807, 2.05) is 20.8 Å². The Morgan fingerprint density at radius 3 is 2.76 bits per heavy atom. The number of hydrogen-bond acceptors (Lipinski definition) is 3. The van der Waals surface area contributed by atoms with Crippen LogP contribution in [-0.4, -0.2) is 51.2 Å². The number of hydrogen-bond donors (Lipinski definition) is 1. The van der Waals surface area contributed by atoms with Crippen LogP contribution >= 0.6 is 0 Å². The molecule has 6 nitrogen and oxygen atoms in total. The molecule has 2 heterocycles. The summed E-state index contributed by atoms with van der Waals surface area (Å²) < 4.78 is 0. The van der Waals surface area contributed by atoms with Crippen LogP contribution in [-0.2, 0) is 16.1 Å². The van der Waals surface area contributed by atoms with Crippen LogP contribution in [0.25, 0.3) is 0 Å². The van der Waals surface area contributed by atoms with Crippen LogP contribution in [0.5, 0.6) is 0 Å². The van der Waals surface area contributed by atoms with Gasteiger partial charge in [0.05, 0.1) is 6.54 Å². The third-order valence-electron chi connectivity index (χ3n) is 3.76. The molecule has 0 spiro atoms. The van der Waals surface area contributed by atoms with Crippen molar-refractivity contribution < 1.29 is 9.59 Å². The van der Waals surface area contributed by atoms with Crippen LogP contribution in [0.2, 0.25) is 0 Å². The third kappa shape index (κ3) is 3.43. The van der Waals surface area contributed by atoms with Gasteiger partial charge >= 0.3 is 0 Å². The number of nitrogens with zero attached hydrogens (tertiary/aromatic N) is 3. The quantitative estimate of drug-likeness (QED) is 0.915. The highest BCUT2D eigenvalue weighted by Crippen LogP contribution is 2.26. The van der Waals surface area contributed by atoms with Gasteiger partial charge in [0.25, 0.3) is 0 Å². The first kappa shape index (κ1) is 15.5. The topological polar surface area (TPSA) is 69.3 Å². The Morgan fingerprint density at radius 2 is 2.19 bits per heavy atom. The van der Waals surface area contributed by atoms with Crippen LogP contribution in [0.3, 0.4) is 0 Å². The Balaban J connectivity index is 2.05. The number of nitrogens with one attached hydrogen (secondary N) is 1. The van der Waals surface area contributed by atoms with Gasteiger partial charge in [-0.3, -0.25) is 9.59 Å². The zero-order valence-corrected chi connectivity index (χ0v) is 13.2. The van der Waals surface area contributed by atoms with Gasteiger partial charge in [0.1, 0.15) is 11.9 Å². The first-order chi connectivity index (χ1) is 9.80. The molecule has 0 saturated carbocycles. The average molecular weight is 292 g/mol. The predicted molar refractivity (Wildman–Crippen MR) is 79.3 cm³/mol. The van der Waals surface area contributed by atoms with E-state index in [9.17, 15) is 9.59 Å². The zero-order chi connectivity index (χ0) is 15.6. The van der Waals surface area contributed by atoms with Crippen LogP contribution in [0.4, 0.5) is 0 Å². The summed E-state index contributed by atoms with van der Waals surface area (Å²) in [7, 11) is 1.75. The second kappa shape index (κ2) is 5.87. The normalized spacial score (nSPS) is 18.9. The van der Waals surface area contributed by atoms with E-state index >= 15 is 0 Å². The van der Waals surface area contributed by atoms with Crippen molar-refractivity contribution in [3.05, 3.63) is 18.2 Å². The maximum Gasteiger partial charge on any atom is 0.245 e. The van der Waals surface area contributed by atoms with E-state index in [2.05, 4.69) is 9.97 Å². The summed E-state index contributed by atoms with van der Waals surface area (Å²) in [6.07, 6.45) is 5.02. The molecule has 1 unspecified atom stereocenters. The summed E-state index contributed by atoms with van der Waals surface area (Å²) in [5.74, 6) is 0.781. The molecule has 0 aliphatic carbocycles. The van der Waals surface area contributed by atoms with E-state index in [0.29, 0.717) is 13.1 Å². The molecule has 2 rings (SSSR count). The number of carbonyl (C=O) groups is 2. The highest BCUT2D eigenvalue weighted by atomic mass is 16.2. The summed E-state index contributed by atoms with van der Waals surface area (Å²) in [5, 5.41) is 0. The van der Waals surface area contributed by atoms with Gasteiger partial charge in [0.2, 0.25) is 11.8 Å². The Hall–Kier alpha value is -1.85. The molecule has 0 bridgehead atoms. The number of likely N-dealkylation sites (tertiary alicyclic amines) is 1. The lowest BCUT2D eigenvalue weighted by atomic mass is 9.94. The Labute approximate surface area is 125 Å². The minimum Gasteiger partial charge on any atom is -0.347 e. The van der Waals surface area contributed by atoms with Gasteiger partial charge in [-0.25, -0.2) is 4.98 Å². The summed E-state index contributed by atoms with van der Waals surface area (Å²) >= 11 is 0. The molecule has 1 atom stereocenters. The number of H-pyrrole nitrogens is 1.